The monoisotopic (exact) mass is 254 g/mol. The Morgan fingerprint density at radius 2 is 2.44 bits per heavy atom. The minimum absolute atomic E-state index is 0.0381. The molecule has 0 aliphatic carbocycles. The van der Waals surface area contributed by atoms with Gasteiger partial charge in [-0.1, -0.05) is 6.92 Å². The molecule has 0 spiro atoms. The lowest BCUT2D eigenvalue weighted by Crippen LogP contribution is -2.52. The number of H-pyrrole nitrogens is 1. The number of hydrogen-bond donors (Lipinski definition) is 2. The highest BCUT2D eigenvalue weighted by Crippen LogP contribution is 2.14. The van der Waals surface area contributed by atoms with Gasteiger partial charge in [-0.25, -0.2) is 4.98 Å². The maximum atomic E-state index is 12.2. The van der Waals surface area contributed by atoms with E-state index in [0.29, 0.717) is 25.4 Å². The first-order chi connectivity index (χ1) is 8.65. The average molecular weight is 254 g/mol. The summed E-state index contributed by atoms with van der Waals surface area (Å²) in [5.41, 5.74) is 0. The Morgan fingerprint density at radius 1 is 1.67 bits per heavy atom. The first kappa shape index (κ1) is 13.0. The average Bonchev–Trinajstić information content (AvgIpc) is 2.87. The second-order valence-corrected chi connectivity index (χ2v) is 4.40. The first-order valence-electron chi connectivity index (χ1n) is 6.10. The number of aromatic amines is 1. The quantitative estimate of drug-likeness (QED) is 0.765. The number of carbonyl (C=O) groups is 1. The van der Waals surface area contributed by atoms with Crippen molar-refractivity contribution in [3.63, 3.8) is 0 Å². The van der Waals surface area contributed by atoms with Crippen molar-refractivity contribution in [1.29, 1.82) is 0 Å². The van der Waals surface area contributed by atoms with Gasteiger partial charge >= 0.3 is 0 Å². The summed E-state index contributed by atoms with van der Waals surface area (Å²) in [5, 5.41) is 15.7. The molecule has 1 aromatic rings. The third-order valence-corrected chi connectivity index (χ3v) is 3.03. The number of hydrogen-bond acceptors (Lipinski definition) is 5. The van der Waals surface area contributed by atoms with Gasteiger partial charge in [-0.2, -0.15) is 0 Å². The molecule has 1 saturated heterocycles. The highest BCUT2D eigenvalue weighted by Gasteiger charge is 2.31. The zero-order valence-corrected chi connectivity index (χ0v) is 10.6. The summed E-state index contributed by atoms with van der Waals surface area (Å²) in [6.45, 7) is 4.53. The van der Waals surface area contributed by atoms with E-state index in [2.05, 4.69) is 15.2 Å². The molecule has 2 unspecified atom stereocenters. The predicted octanol–water partition coefficient (Wildman–Crippen LogP) is -0.411. The molecule has 7 nitrogen and oxygen atoms in total. The minimum atomic E-state index is -0.324. The van der Waals surface area contributed by atoms with Crippen LogP contribution in [0.15, 0.2) is 0 Å². The summed E-state index contributed by atoms with van der Waals surface area (Å²) < 4.78 is 5.39. The molecule has 0 bridgehead atoms. The van der Waals surface area contributed by atoms with Gasteiger partial charge in [-0.3, -0.25) is 9.89 Å². The number of ether oxygens (including phenoxy) is 1. The summed E-state index contributed by atoms with van der Waals surface area (Å²) in [5.74, 6) is 0.649. The molecule has 0 radical (unpaired) electrons. The molecule has 1 amide bonds. The van der Waals surface area contributed by atoms with Crippen molar-refractivity contribution >= 4 is 5.91 Å². The van der Waals surface area contributed by atoms with E-state index in [4.69, 9.17) is 9.84 Å². The second-order valence-electron chi connectivity index (χ2n) is 4.40. The highest BCUT2D eigenvalue weighted by molar-refractivity contribution is 5.90. The number of morpholine rings is 1. The van der Waals surface area contributed by atoms with E-state index < -0.39 is 0 Å². The van der Waals surface area contributed by atoms with Crippen LogP contribution in [0.1, 0.15) is 30.3 Å². The van der Waals surface area contributed by atoms with E-state index >= 15 is 0 Å². The largest absolute Gasteiger partial charge is 0.394 e. The van der Waals surface area contributed by atoms with Gasteiger partial charge < -0.3 is 14.7 Å². The molecule has 1 aromatic heterocycles. The molecular weight excluding hydrogens is 236 g/mol. The van der Waals surface area contributed by atoms with Crippen molar-refractivity contribution in [2.24, 2.45) is 0 Å². The van der Waals surface area contributed by atoms with Gasteiger partial charge in [0.05, 0.1) is 25.4 Å². The minimum Gasteiger partial charge on any atom is -0.394 e. The van der Waals surface area contributed by atoms with Gasteiger partial charge in [-0.15, -0.1) is 5.10 Å². The van der Waals surface area contributed by atoms with Crippen LogP contribution < -0.4 is 0 Å². The molecule has 1 fully saturated rings. The second kappa shape index (κ2) is 5.45. The van der Waals surface area contributed by atoms with E-state index in [1.54, 1.807) is 4.90 Å². The summed E-state index contributed by atoms with van der Waals surface area (Å²) >= 11 is 0. The van der Waals surface area contributed by atoms with Crippen LogP contribution in [0.25, 0.3) is 0 Å². The fraction of sp³-hybridized carbons (Fsp3) is 0.727. The van der Waals surface area contributed by atoms with Crippen LogP contribution in [-0.2, 0) is 11.2 Å². The van der Waals surface area contributed by atoms with Crippen molar-refractivity contribution in [2.45, 2.75) is 32.4 Å². The Morgan fingerprint density at radius 3 is 3.06 bits per heavy atom. The lowest BCUT2D eigenvalue weighted by atomic mass is 10.2. The topological polar surface area (TPSA) is 91.3 Å². The standard InChI is InChI=1S/C11H18N4O3/c1-3-9-12-10(14-13-9)11(17)15-4-8(5-16)18-6-7(15)2/h7-8,16H,3-6H2,1-2H3,(H,12,13,14). The molecule has 1 aliphatic heterocycles. The number of nitrogens with one attached hydrogen (secondary N) is 1. The van der Waals surface area contributed by atoms with Crippen LogP contribution >= 0.6 is 0 Å². The molecule has 2 N–H and O–H groups in total. The fourth-order valence-corrected chi connectivity index (χ4v) is 1.89. The molecule has 100 valence electrons. The Kier molecular flexibility index (Phi) is 3.93. The van der Waals surface area contributed by atoms with E-state index in [-0.39, 0.29) is 30.5 Å². The van der Waals surface area contributed by atoms with Crippen molar-refractivity contribution < 1.29 is 14.6 Å². The molecule has 7 heteroatoms. The predicted molar refractivity (Wildman–Crippen MR) is 63.1 cm³/mol. The van der Waals surface area contributed by atoms with Crippen molar-refractivity contribution in [3.8, 4) is 0 Å². The maximum absolute atomic E-state index is 12.2. The zero-order chi connectivity index (χ0) is 13.1. The molecule has 0 aromatic carbocycles. The van der Waals surface area contributed by atoms with Crippen LogP contribution in [0.5, 0.6) is 0 Å². The maximum Gasteiger partial charge on any atom is 0.293 e. The van der Waals surface area contributed by atoms with Crippen molar-refractivity contribution in [2.75, 3.05) is 19.8 Å². The van der Waals surface area contributed by atoms with E-state index in [1.165, 1.54) is 0 Å². The lowest BCUT2D eigenvalue weighted by Gasteiger charge is -2.36. The first-order valence-corrected chi connectivity index (χ1v) is 6.10. The number of aliphatic hydroxyl groups is 1. The van der Waals surface area contributed by atoms with Gasteiger partial charge in [0.2, 0.25) is 5.82 Å². The summed E-state index contributed by atoms with van der Waals surface area (Å²) in [6.07, 6.45) is 0.382. The van der Waals surface area contributed by atoms with Gasteiger partial charge in [0.1, 0.15) is 5.82 Å². The molecule has 2 atom stereocenters. The van der Waals surface area contributed by atoms with Crippen LogP contribution in [0.4, 0.5) is 0 Å². The Labute approximate surface area is 105 Å². The number of rotatable bonds is 3. The molecule has 18 heavy (non-hydrogen) atoms. The Bertz CT molecular complexity index is 420. The van der Waals surface area contributed by atoms with Gasteiger partial charge in [0.25, 0.3) is 5.91 Å². The zero-order valence-electron chi connectivity index (χ0n) is 10.6. The SMILES string of the molecule is CCc1nc(C(=O)N2CC(CO)OCC2C)n[nH]1. The molecule has 2 heterocycles. The third kappa shape index (κ3) is 2.51. The molecule has 0 saturated carbocycles. The number of aliphatic hydroxyl groups excluding tert-OH is 1. The van der Waals surface area contributed by atoms with Gasteiger partial charge in [0, 0.05) is 13.0 Å². The number of aryl methyl sites for hydroxylation is 1. The number of nitrogens with zero attached hydrogens (tertiary/aromatic N) is 3. The lowest BCUT2D eigenvalue weighted by molar-refractivity contribution is -0.0670. The third-order valence-electron chi connectivity index (χ3n) is 3.03. The Balaban J connectivity index is 2.11. The number of amides is 1. The van der Waals surface area contributed by atoms with E-state index in [0.717, 1.165) is 0 Å². The van der Waals surface area contributed by atoms with Crippen molar-refractivity contribution in [1.82, 2.24) is 20.1 Å². The van der Waals surface area contributed by atoms with Crippen molar-refractivity contribution in [3.05, 3.63) is 11.6 Å². The summed E-state index contributed by atoms with van der Waals surface area (Å²) in [6, 6.07) is -0.0381. The molecule has 2 rings (SSSR count). The molecular formula is C11H18N4O3. The fourth-order valence-electron chi connectivity index (χ4n) is 1.89. The van der Waals surface area contributed by atoms with E-state index in [1.807, 2.05) is 13.8 Å². The Hall–Kier alpha value is -1.47. The highest BCUT2D eigenvalue weighted by atomic mass is 16.5. The van der Waals surface area contributed by atoms with E-state index in [9.17, 15) is 4.79 Å². The number of carbonyl (C=O) groups excluding carboxylic acids is 1. The van der Waals surface area contributed by atoms with Crippen LogP contribution in [0.2, 0.25) is 0 Å². The van der Waals surface area contributed by atoms with Crippen LogP contribution in [0.3, 0.4) is 0 Å². The molecule has 1 aliphatic rings. The van der Waals surface area contributed by atoms with Gasteiger partial charge in [0.15, 0.2) is 0 Å². The van der Waals surface area contributed by atoms with Crippen LogP contribution in [0, 0.1) is 0 Å². The smallest absolute Gasteiger partial charge is 0.293 e. The van der Waals surface area contributed by atoms with Crippen LogP contribution in [-0.4, -0.2) is 63.0 Å². The summed E-state index contributed by atoms with van der Waals surface area (Å²) in [7, 11) is 0. The number of aromatic nitrogens is 3. The normalized spacial score (nSPS) is 24.3. The summed E-state index contributed by atoms with van der Waals surface area (Å²) in [4.78, 5) is 18.0. The van der Waals surface area contributed by atoms with Gasteiger partial charge in [-0.05, 0) is 6.92 Å².